The highest BCUT2D eigenvalue weighted by molar-refractivity contribution is 5.97. The first kappa shape index (κ1) is 14.8. The van der Waals surface area contributed by atoms with E-state index in [0.29, 0.717) is 11.1 Å². The molecule has 0 aromatic heterocycles. The van der Waals surface area contributed by atoms with Gasteiger partial charge in [0.2, 0.25) is 0 Å². The molecule has 0 N–H and O–H groups in total. The van der Waals surface area contributed by atoms with Crippen LogP contribution in [0.3, 0.4) is 0 Å². The van der Waals surface area contributed by atoms with Crippen LogP contribution in [0.4, 0.5) is 4.39 Å². The highest BCUT2D eigenvalue weighted by Crippen LogP contribution is 2.31. The van der Waals surface area contributed by atoms with Gasteiger partial charge in [0.15, 0.2) is 11.6 Å². The van der Waals surface area contributed by atoms with Crippen molar-refractivity contribution in [1.82, 2.24) is 4.90 Å². The minimum absolute atomic E-state index is 0.0584. The van der Waals surface area contributed by atoms with Crippen LogP contribution in [0.5, 0.6) is 5.75 Å². The maximum Gasteiger partial charge on any atom is 0.257 e. The number of carbonyl (C=O) groups is 1. The molecule has 3 nitrogen and oxygen atoms in total. The second kappa shape index (κ2) is 6.25. The van der Waals surface area contributed by atoms with Crippen LogP contribution in [-0.4, -0.2) is 31.0 Å². The Bertz CT molecular complexity index is 493. The lowest BCUT2D eigenvalue weighted by Gasteiger charge is -2.27. The van der Waals surface area contributed by atoms with E-state index in [4.69, 9.17) is 4.74 Å². The van der Waals surface area contributed by atoms with Gasteiger partial charge in [-0.05, 0) is 36.8 Å². The van der Waals surface area contributed by atoms with E-state index in [1.807, 2.05) is 13.8 Å². The number of likely N-dealkylation sites (tertiary alicyclic amines) is 1. The molecule has 0 saturated carbocycles. The molecule has 110 valence electrons. The van der Waals surface area contributed by atoms with Crippen molar-refractivity contribution in [1.29, 1.82) is 0 Å². The number of hydrogen-bond acceptors (Lipinski definition) is 2. The molecular formula is C16H22FNO2. The van der Waals surface area contributed by atoms with Crippen LogP contribution in [0.2, 0.25) is 0 Å². The van der Waals surface area contributed by atoms with Crippen molar-refractivity contribution in [2.45, 2.75) is 39.0 Å². The fraction of sp³-hybridized carbons (Fsp3) is 0.562. The normalized spacial score (nSPS) is 15.6. The van der Waals surface area contributed by atoms with E-state index in [0.717, 1.165) is 32.4 Å². The van der Waals surface area contributed by atoms with Crippen molar-refractivity contribution in [2.75, 3.05) is 20.2 Å². The number of halogens is 1. The molecule has 1 heterocycles. The van der Waals surface area contributed by atoms with Crippen molar-refractivity contribution in [3.8, 4) is 5.75 Å². The van der Waals surface area contributed by atoms with E-state index in [-0.39, 0.29) is 17.6 Å². The zero-order chi connectivity index (χ0) is 14.7. The molecule has 20 heavy (non-hydrogen) atoms. The summed E-state index contributed by atoms with van der Waals surface area (Å²) >= 11 is 0. The average molecular weight is 279 g/mol. The van der Waals surface area contributed by atoms with E-state index in [1.54, 1.807) is 17.0 Å². The summed E-state index contributed by atoms with van der Waals surface area (Å²) in [5.74, 6) is -0.407. The number of piperidine rings is 1. The Hall–Kier alpha value is -1.58. The number of amides is 1. The molecular weight excluding hydrogens is 257 g/mol. The third-order valence-corrected chi connectivity index (χ3v) is 3.83. The molecule has 0 spiro atoms. The summed E-state index contributed by atoms with van der Waals surface area (Å²) < 4.78 is 19.6. The topological polar surface area (TPSA) is 29.5 Å². The minimum atomic E-state index is -0.412. The number of nitrogens with zero attached hydrogens (tertiary/aromatic N) is 1. The van der Waals surface area contributed by atoms with Gasteiger partial charge in [-0.3, -0.25) is 4.79 Å². The third-order valence-electron chi connectivity index (χ3n) is 3.83. The standard InChI is InChI=1S/C16H22FNO2/c1-11(2)12-7-8-13(15(20-3)14(12)17)16(19)18-9-5-4-6-10-18/h7-8,11H,4-6,9-10H2,1-3H3. The molecule has 2 rings (SSSR count). The lowest BCUT2D eigenvalue weighted by molar-refractivity contribution is 0.0720. The van der Waals surface area contributed by atoms with Crippen LogP contribution < -0.4 is 4.74 Å². The first-order valence-corrected chi connectivity index (χ1v) is 7.22. The largest absolute Gasteiger partial charge is 0.493 e. The fourth-order valence-electron chi connectivity index (χ4n) is 2.65. The molecule has 1 aliphatic heterocycles. The minimum Gasteiger partial charge on any atom is -0.493 e. The summed E-state index contributed by atoms with van der Waals surface area (Å²) in [4.78, 5) is 14.3. The lowest BCUT2D eigenvalue weighted by atomic mass is 9.99. The Morgan fingerprint density at radius 2 is 1.90 bits per heavy atom. The Morgan fingerprint density at radius 3 is 2.45 bits per heavy atom. The van der Waals surface area contributed by atoms with Crippen molar-refractivity contribution in [3.05, 3.63) is 29.1 Å². The van der Waals surface area contributed by atoms with E-state index < -0.39 is 5.82 Å². The Labute approximate surface area is 119 Å². The molecule has 1 amide bonds. The molecule has 1 saturated heterocycles. The number of carbonyl (C=O) groups excluding carboxylic acids is 1. The van der Waals surface area contributed by atoms with Gasteiger partial charge in [-0.2, -0.15) is 0 Å². The lowest BCUT2D eigenvalue weighted by Crippen LogP contribution is -2.35. The molecule has 0 atom stereocenters. The van der Waals surface area contributed by atoms with Gasteiger partial charge in [0.25, 0.3) is 5.91 Å². The first-order valence-electron chi connectivity index (χ1n) is 7.22. The van der Waals surface area contributed by atoms with Crippen LogP contribution in [0.1, 0.15) is 54.9 Å². The molecule has 1 aromatic rings. The Balaban J connectivity index is 2.36. The fourth-order valence-corrected chi connectivity index (χ4v) is 2.65. The van der Waals surface area contributed by atoms with Gasteiger partial charge in [0, 0.05) is 13.1 Å². The summed E-state index contributed by atoms with van der Waals surface area (Å²) in [5.41, 5.74) is 0.911. The maximum atomic E-state index is 14.4. The molecule has 4 heteroatoms. The van der Waals surface area contributed by atoms with Gasteiger partial charge < -0.3 is 9.64 Å². The summed E-state index contributed by atoms with van der Waals surface area (Å²) in [6.45, 7) is 5.33. The van der Waals surface area contributed by atoms with Gasteiger partial charge in [0.05, 0.1) is 12.7 Å². The van der Waals surface area contributed by atoms with Crippen LogP contribution in [-0.2, 0) is 0 Å². The molecule has 0 bridgehead atoms. The monoisotopic (exact) mass is 279 g/mol. The molecule has 0 radical (unpaired) electrons. The predicted molar refractivity (Wildman–Crippen MR) is 76.8 cm³/mol. The first-order chi connectivity index (χ1) is 9.56. The van der Waals surface area contributed by atoms with E-state index in [2.05, 4.69) is 0 Å². The van der Waals surface area contributed by atoms with E-state index >= 15 is 0 Å². The smallest absolute Gasteiger partial charge is 0.257 e. The zero-order valence-electron chi connectivity index (χ0n) is 12.4. The van der Waals surface area contributed by atoms with Crippen LogP contribution in [0.15, 0.2) is 12.1 Å². The summed E-state index contributed by atoms with van der Waals surface area (Å²) in [5, 5.41) is 0. The van der Waals surface area contributed by atoms with Crippen LogP contribution in [0.25, 0.3) is 0 Å². The summed E-state index contributed by atoms with van der Waals surface area (Å²) in [6, 6.07) is 3.38. The Kier molecular flexibility index (Phi) is 4.63. The van der Waals surface area contributed by atoms with Gasteiger partial charge in [-0.25, -0.2) is 4.39 Å². The van der Waals surface area contributed by atoms with Gasteiger partial charge in [-0.15, -0.1) is 0 Å². The number of ether oxygens (including phenoxy) is 1. The van der Waals surface area contributed by atoms with Crippen molar-refractivity contribution < 1.29 is 13.9 Å². The summed E-state index contributed by atoms with van der Waals surface area (Å²) in [6.07, 6.45) is 3.18. The SMILES string of the molecule is COc1c(C(=O)N2CCCCC2)ccc(C(C)C)c1F. The second-order valence-electron chi connectivity index (χ2n) is 5.56. The highest BCUT2D eigenvalue weighted by Gasteiger charge is 2.25. The molecule has 1 fully saturated rings. The van der Waals surface area contributed by atoms with Gasteiger partial charge in [0.1, 0.15) is 0 Å². The molecule has 1 aliphatic rings. The number of hydrogen-bond donors (Lipinski definition) is 0. The summed E-state index contributed by atoms with van der Waals surface area (Å²) in [7, 11) is 1.41. The van der Waals surface area contributed by atoms with Gasteiger partial charge in [-0.1, -0.05) is 19.9 Å². The van der Waals surface area contributed by atoms with Gasteiger partial charge >= 0.3 is 0 Å². The molecule has 1 aromatic carbocycles. The number of rotatable bonds is 3. The second-order valence-corrected chi connectivity index (χ2v) is 5.56. The predicted octanol–water partition coefficient (Wildman–Crippen LogP) is 3.58. The van der Waals surface area contributed by atoms with Crippen LogP contribution in [0, 0.1) is 5.82 Å². The van der Waals surface area contributed by atoms with E-state index in [9.17, 15) is 9.18 Å². The molecule has 0 aliphatic carbocycles. The highest BCUT2D eigenvalue weighted by atomic mass is 19.1. The number of methoxy groups -OCH3 is 1. The maximum absolute atomic E-state index is 14.4. The van der Waals surface area contributed by atoms with Crippen molar-refractivity contribution >= 4 is 5.91 Å². The molecule has 0 unspecified atom stereocenters. The number of benzene rings is 1. The van der Waals surface area contributed by atoms with Crippen molar-refractivity contribution in [2.24, 2.45) is 0 Å². The zero-order valence-corrected chi connectivity index (χ0v) is 12.4. The average Bonchev–Trinajstić information content (AvgIpc) is 2.46. The van der Waals surface area contributed by atoms with Crippen LogP contribution >= 0.6 is 0 Å². The Morgan fingerprint density at radius 1 is 1.25 bits per heavy atom. The van der Waals surface area contributed by atoms with E-state index in [1.165, 1.54) is 7.11 Å². The third kappa shape index (κ3) is 2.79. The van der Waals surface area contributed by atoms with Crippen molar-refractivity contribution in [3.63, 3.8) is 0 Å². The quantitative estimate of drug-likeness (QED) is 0.846.